The van der Waals surface area contributed by atoms with E-state index < -0.39 is 30.5 Å². The maximum absolute atomic E-state index is 13.1. The number of rotatable bonds is 4. The second-order valence-electron chi connectivity index (χ2n) is 6.34. The first-order chi connectivity index (χ1) is 12.7. The number of nitrogens with zero attached hydrogens (tertiary/aromatic N) is 3. The summed E-state index contributed by atoms with van der Waals surface area (Å²) in [7, 11) is 0. The van der Waals surface area contributed by atoms with Crippen LogP contribution in [0.5, 0.6) is 0 Å². The molecule has 0 radical (unpaired) electrons. The highest BCUT2D eigenvalue weighted by molar-refractivity contribution is 5.72. The van der Waals surface area contributed by atoms with Crippen molar-refractivity contribution in [1.82, 2.24) is 15.0 Å². The van der Waals surface area contributed by atoms with Crippen LogP contribution in [0, 0.1) is 11.8 Å². The summed E-state index contributed by atoms with van der Waals surface area (Å²) >= 11 is 0. The number of hydrogen-bond donors (Lipinski definition) is 2. The predicted octanol–water partition coefficient (Wildman–Crippen LogP) is 2.09. The number of hydrogen-bond acceptors (Lipinski definition) is 5. The first-order valence-electron chi connectivity index (χ1n) is 8.30. The van der Waals surface area contributed by atoms with Crippen LogP contribution in [0.1, 0.15) is 12.6 Å². The van der Waals surface area contributed by atoms with Gasteiger partial charge in [-0.25, -0.2) is 9.97 Å². The molecule has 1 aliphatic heterocycles. The van der Waals surface area contributed by atoms with Crippen LogP contribution in [0.25, 0.3) is 11.4 Å². The fraction of sp³-hybridized carbons (Fsp3) is 0.412. The van der Waals surface area contributed by atoms with Crippen molar-refractivity contribution in [3.05, 3.63) is 40.4 Å². The number of halogens is 3. The molecule has 3 rings (SSSR count). The number of aryl methyl sites for hydroxylation is 1. The SMILES string of the molecule is CCc1cc(=O)[nH]c(-c2ccc(N3C[C@@H](C(F)(F)F)[C@H](C(=O)O)C3)nc2)n1. The summed E-state index contributed by atoms with van der Waals surface area (Å²) in [5, 5.41) is 9.09. The van der Waals surface area contributed by atoms with Crippen LogP contribution in [-0.2, 0) is 11.2 Å². The Hall–Kier alpha value is -2.91. The van der Waals surface area contributed by atoms with E-state index in [1.807, 2.05) is 6.92 Å². The lowest BCUT2D eigenvalue weighted by atomic mass is 9.96. The number of carbonyl (C=O) groups is 1. The van der Waals surface area contributed by atoms with E-state index in [-0.39, 0.29) is 17.9 Å². The zero-order valence-electron chi connectivity index (χ0n) is 14.3. The summed E-state index contributed by atoms with van der Waals surface area (Å²) in [6, 6.07) is 4.46. The van der Waals surface area contributed by atoms with Crippen molar-refractivity contribution in [1.29, 1.82) is 0 Å². The highest BCUT2D eigenvalue weighted by Gasteiger charge is 2.52. The minimum absolute atomic E-state index is 0.241. The van der Waals surface area contributed by atoms with Crippen molar-refractivity contribution in [3.8, 4) is 11.4 Å². The number of aromatic nitrogens is 3. The molecular weight excluding hydrogens is 365 g/mol. The first-order valence-corrected chi connectivity index (χ1v) is 8.30. The summed E-state index contributed by atoms with van der Waals surface area (Å²) in [5.41, 5.74) is 0.806. The molecule has 3 heterocycles. The Kier molecular flexibility index (Phi) is 4.90. The van der Waals surface area contributed by atoms with Gasteiger partial charge in [-0.2, -0.15) is 13.2 Å². The van der Waals surface area contributed by atoms with Gasteiger partial charge in [0, 0.05) is 36.6 Å². The van der Waals surface area contributed by atoms with Gasteiger partial charge in [-0.3, -0.25) is 9.59 Å². The number of anilines is 1. The first kappa shape index (κ1) is 18.9. The minimum Gasteiger partial charge on any atom is -0.481 e. The summed E-state index contributed by atoms with van der Waals surface area (Å²) in [4.78, 5) is 35.2. The molecule has 144 valence electrons. The number of pyridine rings is 1. The number of H-pyrrole nitrogens is 1. The minimum atomic E-state index is -4.60. The van der Waals surface area contributed by atoms with E-state index in [0.29, 0.717) is 23.5 Å². The predicted molar refractivity (Wildman–Crippen MR) is 90.4 cm³/mol. The Bertz CT molecular complexity index is 896. The number of aliphatic carboxylic acids is 1. The van der Waals surface area contributed by atoms with E-state index in [4.69, 9.17) is 5.11 Å². The average molecular weight is 382 g/mol. The van der Waals surface area contributed by atoms with E-state index in [0.717, 1.165) is 0 Å². The number of carboxylic acid groups (broad SMARTS) is 1. The van der Waals surface area contributed by atoms with Crippen molar-refractivity contribution < 1.29 is 23.1 Å². The summed E-state index contributed by atoms with van der Waals surface area (Å²) < 4.78 is 39.3. The van der Waals surface area contributed by atoms with Gasteiger partial charge < -0.3 is 15.0 Å². The molecule has 1 aliphatic rings. The van der Waals surface area contributed by atoms with Crippen LogP contribution in [0.2, 0.25) is 0 Å². The second-order valence-corrected chi connectivity index (χ2v) is 6.34. The fourth-order valence-corrected chi connectivity index (χ4v) is 3.11. The zero-order chi connectivity index (χ0) is 19.8. The van der Waals surface area contributed by atoms with E-state index in [9.17, 15) is 22.8 Å². The Morgan fingerprint density at radius 1 is 1.37 bits per heavy atom. The molecule has 2 aromatic heterocycles. The van der Waals surface area contributed by atoms with Gasteiger partial charge in [-0.15, -0.1) is 0 Å². The molecule has 2 atom stereocenters. The number of aromatic amines is 1. The lowest BCUT2D eigenvalue weighted by Crippen LogP contribution is -2.33. The zero-order valence-corrected chi connectivity index (χ0v) is 14.3. The van der Waals surface area contributed by atoms with Gasteiger partial charge in [0.15, 0.2) is 0 Å². The highest BCUT2D eigenvalue weighted by atomic mass is 19.4. The molecule has 2 N–H and O–H groups in total. The van der Waals surface area contributed by atoms with Crippen molar-refractivity contribution in [3.63, 3.8) is 0 Å². The van der Waals surface area contributed by atoms with Gasteiger partial charge in [0.2, 0.25) is 0 Å². The molecule has 27 heavy (non-hydrogen) atoms. The number of carboxylic acids is 1. The van der Waals surface area contributed by atoms with Gasteiger partial charge in [0.05, 0.1) is 11.8 Å². The molecule has 1 saturated heterocycles. The van der Waals surface area contributed by atoms with Gasteiger partial charge in [-0.05, 0) is 18.6 Å². The largest absolute Gasteiger partial charge is 0.481 e. The van der Waals surface area contributed by atoms with E-state index in [2.05, 4.69) is 15.0 Å². The molecular formula is C17H17F3N4O3. The topological polar surface area (TPSA) is 99.2 Å². The molecule has 7 nitrogen and oxygen atoms in total. The van der Waals surface area contributed by atoms with Crippen LogP contribution in [0.15, 0.2) is 29.2 Å². The Morgan fingerprint density at radius 2 is 2.11 bits per heavy atom. The molecule has 0 amide bonds. The molecule has 0 saturated carbocycles. The third-order valence-corrected chi connectivity index (χ3v) is 4.56. The molecule has 1 fully saturated rings. The monoisotopic (exact) mass is 382 g/mol. The Balaban J connectivity index is 1.85. The highest BCUT2D eigenvalue weighted by Crippen LogP contribution is 2.39. The molecule has 0 spiro atoms. The van der Waals surface area contributed by atoms with E-state index >= 15 is 0 Å². The molecule has 0 unspecified atom stereocenters. The molecule has 0 aliphatic carbocycles. The van der Waals surface area contributed by atoms with Crippen molar-refractivity contribution in [2.45, 2.75) is 19.5 Å². The van der Waals surface area contributed by atoms with Gasteiger partial charge >= 0.3 is 12.1 Å². The lowest BCUT2D eigenvalue weighted by molar-refractivity contribution is -0.187. The third kappa shape index (κ3) is 3.93. The smallest absolute Gasteiger partial charge is 0.394 e. The van der Waals surface area contributed by atoms with Gasteiger partial charge in [-0.1, -0.05) is 6.92 Å². The summed E-state index contributed by atoms with van der Waals surface area (Å²) in [5.74, 6) is -4.40. The fourth-order valence-electron chi connectivity index (χ4n) is 3.11. The van der Waals surface area contributed by atoms with Gasteiger partial charge in [0.1, 0.15) is 11.6 Å². The molecule has 2 aromatic rings. The third-order valence-electron chi connectivity index (χ3n) is 4.56. The summed E-state index contributed by atoms with van der Waals surface area (Å²) in [6.45, 7) is 1.12. The normalized spacial score (nSPS) is 20.1. The summed E-state index contributed by atoms with van der Waals surface area (Å²) in [6.07, 6.45) is -2.63. The van der Waals surface area contributed by atoms with Crippen molar-refractivity contribution in [2.75, 3.05) is 18.0 Å². The van der Waals surface area contributed by atoms with E-state index in [1.165, 1.54) is 23.2 Å². The number of nitrogens with one attached hydrogen (secondary N) is 1. The maximum atomic E-state index is 13.1. The van der Waals surface area contributed by atoms with Crippen LogP contribution >= 0.6 is 0 Å². The van der Waals surface area contributed by atoms with Crippen molar-refractivity contribution in [2.24, 2.45) is 11.8 Å². The van der Waals surface area contributed by atoms with Crippen LogP contribution in [-0.4, -0.2) is 45.3 Å². The van der Waals surface area contributed by atoms with Crippen molar-refractivity contribution >= 4 is 11.8 Å². The van der Waals surface area contributed by atoms with Gasteiger partial charge in [0.25, 0.3) is 5.56 Å². The molecule has 0 bridgehead atoms. The number of alkyl halides is 3. The Morgan fingerprint density at radius 3 is 2.63 bits per heavy atom. The van der Waals surface area contributed by atoms with Crippen LogP contribution in [0.4, 0.5) is 19.0 Å². The maximum Gasteiger partial charge on any atom is 0.394 e. The molecule has 0 aromatic carbocycles. The lowest BCUT2D eigenvalue weighted by Gasteiger charge is -2.19. The standard InChI is InChI=1S/C17H17F3N4O3/c1-2-10-5-14(25)23-15(22-10)9-3-4-13(21-6-9)24-7-11(16(26)27)12(8-24)17(18,19)20/h3-6,11-12H,2,7-8H2,1H3,(H,26,27)(H,22,23,25)/t11-,12-/m1/s1. The Labute approximate surface area is 151 Å². The second kappa shape index (κ2) is 7.01. The van der Waals surface area contributed by atoms with E-state index in [1.54, 1.807) is 6.07 Å². The molecule has 10 heteroatoms. The van der Waals surface area contributed by atoms with Crippen LogP contribution in [0.3, 0.4) is 0 Å². The quantitative estimate of drug-likeness (QED) is 0.840. The van der Waals surface area contributed by atoms with Crippen LogP contribution < -0.4 is 10.5 Å². The average Bonchev–Trinajstić information content (AvgIpc) is 3.07.